The summed E-state index contributed by atoms with van der Waals surface area (Å²) in [5.74, 6) is 2.52. The van der Waals surface area contributed by atoms with Crippen LogP contribution in [-0.4, -0.2) is 43.3 Å². The topological polar surface area (TPSA) is 34.2 Å². The molecule has 0 atom stereocenters. The molecule has 0 amide bonds. The lowest BCUT2D eigenvalue weighted by Gasteiger charge is -2.22. The lowest BCUT2D eigenvalue weighted by Crippen LogP contribution is -2.22. The Bertz CT molecular complexity index is 743. The van der Waals surface area contributed by atoms with Gasteiger partial charge in [0.2, 0.25) is 5.75 Å². The quantitative estimate of drug-likeness (QED) is 0.106. The minimum absolute atomic E-state index is 0.714. The van der Waals surface area contributed by atoms with Gasteiger partial charge in [-0.3, -0.25) is 0 Å². The van der Waals surface area contributed by atoms with Crippen LogP contribution in [0.1, 0.15) is 142 Å². The second-order valence-corrected chi connectivity index (χ2v) is 11.7. The summed E-state index contributed by atoms with van der Waals surface area (Å²) in [7, 11) is 2.11. The van der Waals surface area contributed by atoms with Crippen LogP contribution in [0.2, 0.25) is 0 Å². The smallest absolute Gasteiger partial charge is 0.203 e. The van der Waals surface area contributed by atoms with E-state index < -0.39 is 0 Å². The van der Waals surface area contributed by atoms with Gasteiger partial charge < -0.3 is 24.0 Å². The minimum Gasteiger partial charge on any atom is -0.490 e. The zero-order chi connectivity index (χ0) is 28.7. The van der Waals surface area contributed by atoms with Gasteiger partial charge in [0.1, 0.15) is 0 Å². The first-order valence-electron chi connectivity index (χ1n) is 16.9. The molecule has 0 aliphatic carbocycles. The molecule has 0 spiro atoms. The first kappa shape index (κ1) is 34.2. The molecule has 1 aromatic rings. The Morgan fingerprint density at radius 1 is 0.550 bits per heavy atom. The highest BCUT2D eigenvalue weighted by Crippen LogP contribution is 2.40. The molecule has 0 fully saturated rings. The molecule has 40 heavy (non-hydrogen) atoms. The molecule has 2 rings (SSSR count). The van der Waals surface area contributed by atoms with Crippen molar-refractivity contribution < 1.29 is 14.2 Å². The van der Waals surface area contributed by atoms with E-state index in [2.05, 4.69) is 62.2 Å². The molecule has 0 saturated carbocycles. The van der Waals surface area contributed by atoms with Gasteiger partial charge in [-0.2, -0.15) is 0 Å². The molecular formula is C35H62N2O3. The van der Waals surface area contributed by atoms with Crippen LogP contribution in [0.25, 0.3) is 0 Å². The van der Waals surface area contributed by atoms with Gasteiger partial charge in [0, 0.05) is 26.0 Å². The van der Waals surface area contributed by atoms with E-state index in [0.717, 1.165) is 62.9 Å². The average Bonchev–Trinajstić information content (AvgIpc) is 3.36. The molecule has 1 aliphatic heterocycles. The van der Waals surface area contributed by atoms with Crippen LogP contribution in [-0.2, 0) is 6.54 Å². The van der Waals surface area contributed by atoms with E-state index in [1.165, 1.54) is 102 Å². The fraction of sp³-hybridized carbons (Fsp3) is 0.771. The standard InChI is InChI=1S/C35H62N2O3/c1-5-8-11-14-17-20-25-38-33-28-32(30-37-24-23-36(4)31-37)29-34(39-26-21-18-15-12-9-6-2)35(33)40-27-22-19-16-13-10-7-3/h23-24,28-29H,5-22,25-27,30-31H2,1-4H3. The Kier molecular flexibility index (Phi) is 19.3. The largest absolute Gasteiger partial charge is 0.490 e. The third-order valence-electron chi connectivity index (χ3n) is 7.66. The molecule has 0 aromatic heterocycles. The Morgan fingerprint density at radius 2 is 0.975 bits per heavy atom. The molecule has 1 aliphatic rings. The van der Waals surface area contributed by atoms with Crippen molar-refractivity contribution in [2.24, 2.45) is 0 Å². The average molecular weight is 559 g/mol. The number of nitrogens with zero attached hydrogens (tertiary/aromatic N) is 2. The number of unbranched alkanes of at least 4 members (excludes halogenated alkanes) is 15. The molecular weight excluding hydrogens is 496 g/mol. The number of ether oxygens (including phenoxy) is 3. The third-order valence-corrected chi connectivity index (χ3v) is 7.66. The Balaban J connectivity index is 2.08. The summed E-state index contributed by atoms with van der Waals surface area (Å²) in [4.78, 5) is 4.52. The minimum atomic E-state index is 0.714. The molecule has 0 unspecified atom stereocenters. The Hall–Kier alpha value is -2.04. The van der Waals surface area contributed by atoms with Gasteiger partial charge in [0.05, 0.1) is 26.5 Å². The maximum atomic E-state index is 6.45. The number of benzene rings is 1. The highest BCUT2D eigenvalue weighted by atomic mass is 16.5. The third kappa shape index (κ3) is 15.1. The van der Waals surface area contributed by atoms with E-state index in [1.807, 2.05) is 0 Å². The predicted molar refractivity (Wildman–Crippen MR) is 170 cm³/mol. The van der Waals surface area contributed by atoms with E-state index in [9.17, 15) is 0 Å². The zero-order valence-corrected chi connectivity index (χ0v) is 26.7. The molecule has 1 aromatic carbocycles. The summed E-state index contributed by atoms with van der Waals surface area (Å²) in [6, 6.07) is 4.38. The monoisotopic (exact) mass is 558 g/mol. The maximum Gasteiger partial charge on any atom is 0.203 e. The first-order chi connectivity index (χ1) is 19.7. The van der Waals surface area contributed by atoms with Crippen molar-refractivity contribution in [3.8, 4) is 17.2 Å². The van der Waals surface area contributed by atoms with Gasteiger partial charge in [-0.25, -0.2) is 0 Å². The summed E-state index contributed by atoms with van der Waals surface area (Å²) in [5.41, 5.74) is 1.21. The highest BCUT2D eigenvalue weighted by Gasteiger charge is 2.18. The number of rotatable bonds is 26. The van der Waals surface area contributed by atoms with Gasteiger partial charge in [-0.15, -0.1) is 0 Å². The summed E-state index contributed by atoms with van der Waals surface area (Å²) in [6.45, 7) is 10.7. The molecule has 230 valence electrons. The fourth-order valence-corrected chi connectivity index (χ4v) is 5.19. The SMILES string of the molecule is CCCCCCCCOc1cc(CN2C=CN(C)C2)cc(OCCCCCCCC)c1OCCCCCCCC. The van der Waals surface area contributed by atoms with Crippen molar-refractivity contribution in [3.05, 3.63) is 30.1 Å². The molecule has 0 bridgehead atoms. The zero-order valence-electron chi connectivity index (χ0n) is 26.7. The van der Waals surface area contributed by atoms with Crippen molar-refractivity contribution in [3.63, 3.8) is 0 Å². The Morgan fingerprint density at radius 3 is 1.40 bits per heavy atom. The summed E-state index contributed by atoms with van der Waals surface area (Å²) < 4.78 is 19.3. The van der Waals surface area contributed by atoms with Crippen LogP contribution in [0, 0.1) is 0 Å². The van der Waals surface area contributed by atoms with Gasteiger partial charge in [-0.1, -0.05) is 117 Å². The molecule has 5 nitrogen and oxygen atoms in total. The van der Waals surface area contributed by atoms with E-state index in [0.29, 0.717) is 6.61 Å². The van der Waals surface area contributed by atoms with Gasteiger partial charge in [0.15, 0.2) is 11.5 Å². The normalized spacial score (nSPS) is 12.9. The van der Waals surface area contributed by atoms with Crippen molar-refractivity contribution in [2.75, 3.05) is 33.5 Å². The van der Waals surface area contributed by atoms with Crippen LogP contribution < -0.4 is 14.2 Å². The van der Waals surface area contributed by atoms with Gasteiger partial charge in [0.25, 0.3) is 0 Å². The summed E-state index contributed by atoms with van der Waals surface area (Å²) >= 11 is 0. The van der Waals surface area contributed by atoms with Crippen LogP contribution in [0.3, 0.4) is 0 Å². The highest BCUT2D eigenvalue weighted by molar-refractivity contribution is 5.54. The second-order valence-electron chi connectivity index (χ2n) is 11.7. The number of hydrogen-bond donors (Lipinski definition) is 0. The van der Waals surface area contributed by atoms with Crippen LogP contribution in [0.5, 0.6) is 17.2 Å². The van der Waals surface area contributed by atoms with Crippen molar-refractivity contribution in [1.29, 1.82) is 0 Å². The first-order valence-corrected chi connectivity index (χ1v) is 16.9. The van der Waals surface area contributed by atoms with Crippen molar-refractivity contribution >= 4 is 0 Å². The van der Waals surface area contributed by atoms with Gasteiger partial charge in [-0.05, 0) is 37.0 Å². The Labute approximate surface area is 247 Å². The molecule has 1 heterocycles. The molecule has 5 heteroatoms. The van der Waals surface area contributed by atoms with Crippen LogP contribution >= 0.6 is 0 Å². The van der Waals surface area contributed by atoms with E-state index in [4.69, 9.17) is 14.2 Å². The lowest BCUT2D eigenvalue weighted by molar-refractivity contribution is 0.232. The van der Waals surface area contributed by atoms with Crippen molar-refractivity contribution in [2.45, 2.75) is 143 Å². The van der Waals surface area contributed by atoms with Gasteiger partial charge >= 0.3 is 0 Å². The van der Waals surface area contributed by atoms with Crippen LogP contribution in [0.4, 0.5) is 0 Å². The molecule has 0 saturated heterocycles. The molecule has 0 N–H and O–H groups in total. The molecule has 0 radical (unpaired) electrons. The van der Waals surface area contributed by atoms with E-state index in [-0.39, 0.29) is 0 Å². The number of hydrogen-bond acceptors (Lipinski definition) is 5. The fourth-order valence-electron chi connectivity index (χ4n) is 5.19. The lowest BCUT2D eigenvalue weighted by atomic mass is 10.1. The second kappa shape index (κ2) is 22.6. The van der Waals surface area contributed by atoms with E-state index in [1.54, 1.807) is 0 Å². The maximum absolute atomic E-state index is 6.45. The van der Waals surface area contributed by atoms with Crippen molar-refractivity contribution in [1.82, 2.24) is 9.80 Å². The van der Waals surface area contributed by atoms with E-state index >= 15 is 0 Å². The predicted octanol–water partition coefficient (Wildman–Crippen LogP) is 10.1. The van der Waals surface area contributed by atoms with Crippen LogP contribution in [0.15, 0.2) is 24.5 Å². The summed E-state index contributed by atoms with van der Waals surface area (Å²) in [6.07, 6.45) is 26.9. The summed E-state index contributed by atoms with van der Waals surface area (Å²) in [5, 5.41) is 0.